The lowest BCUT2D eigenvalue weighted by atomic mass is 10.1. The molecule has 2 rings (SSSR count). The molecule has 0 spiro atoms. The van der Waals surface area contributed by atoms with Crippen molar-refractivity contribution in [1.29, 1.82) is 0 Å². The number of benzene rings is 1. The molecular formula is C14H22N2O2S. The minimum Gasteiger partial charge on any atom is -0.369 e. The normalized spacial score (nSPS) is 18.5. The molecule has 1 N–H and O–H groups in total. The largest absolute Gasteiger partial charge is 0.369 e. The Morgan fingerprint density at radius 3 is 2.58 bits per heavy atom. The van der Waals surface area contributed by atoms with E-state index in [9.17, 15) is 8.42 Å². The van der Waals surface area contributed by atoms with E-state index in [1.165, 1.54) is 16.8 Å². The van der Waals surface area contributed by atoms with Gasteiger partial charge in [-0.05, 0) is 25.1 Å². The highest BCUT2D eigenvalue weighted by atomic mass is 32.2. The molecule has 4 nitrogen and oxygen atoms in total. The standard InChI is InChI=1S/C14H22N2O2S/c1-3-15-11-13-10-12(2)4-5-14(13)16-6-8-19(17,18)9-7-16/h4-5,10,15H,3,6-9,11H2,1-2H3. The van der Waals surface area contributed by atoms with Crippen LogP contribution in [0.25, 0.3) is 0 Å². The van der Waals surface area contributed by atoms with Crippen LogP contribution in [0.2, 0.25) is 0 Å². The third-order valence-electron chi connectivity index (χ3n) is 3.49. The summed E-state index contributed by atoms with van der Waals surface area (Å²) in [5.41, 5.74) is 3.66. The SMILES string of the molecule is CCNCc1cc(C)ccc1N1CCS(=O)(=O)CC1. The van der Waals surface area contributed by atoms with Crippen LogP contribution in [0.3, 0.4) is 0 Å². The lowest BCUT2D eigenvalue weighted by Crippen LogP contribution is -2.40. The van der Waals surface area contributed by atoms with E-state index in [1.807, 2.05) is 0 Å². The Labute approximate surface area is 115 Å². The number of aryl methyl sites for hydroxylation is 1. The van der Waals surface area contributed by atoms with Crippen LogP contribution in [0.4, 0.5) is 5.69 Å². The fourth-order valence-electron chi connectivity index (χ4n) is 2.38. The van der Waals surface area contributed by atoms with Crippen LogP contribution in [0.5, 0.6) is 0 Å². The molecule has 106 valence electrons. The maximum Gasteiger partial charge on any atom is 0.153 e. The number of hydrogen-bond donors (Lipinski definition) is 1. The van der Waals surface area contributed by atoms with E-state index in [0.717, 1.165) is 13.1 Å². The van der Waals surface area contributed by atoms with Gasteiger partial charge in [-0.25, -0.2) is 8.42 Å². The van der Waals surface area contributed by atoms with Gasteiger partial charge in [-0.2, -0.15) is 0 Å². The average molecular weight is 282 g/mol. The van der Waals surface area contributed by atoms with E-state index in [2.05, 4.69) is 42.3 Å². The minimum atomic E-state index is -2.82. The summed E-state index contributed by atoms with van der Waals surface area (Å²) in [5.74, 6) is 0.531. The summed E-state index contributed by atoms with van der Waals surface area (Å²) in [5, 5.41) is 3.34. The highest BCUT2D eigenvalue weighted by Crippen LogP contribution is 2.23. The summed E-state index contributed by atoms with van der Waals surface area (Å²) in [7, 11) is -2.82. The molecule has 1 heterocycles. The van der Waals surface area contributed by atoms with Gasteiger partial charge in [0.15, 0.2) is 9.84 Å². The van der Waals surface area contributed by atoms with Crippen LogP contribution in [-0.4, -0.2) is 39.6 Å². The summed E-state index contributed by atoms with van der Waals surface area (Å²) in [6.07, 6.45) is 0. The molecule has 1 fully saturated rings. The summed E-state index contributed by atoms with van der Waals surface area (Å²) >= 11 is 0. The summed E-state index contributed by atoms with van der Waals surface area (Å²) in [6, 6.07) is 6.38. The van der Waals surface area contributed by atoms with E-state index in [0.29, 0.717) is 13.1 Å². The maximum atomic E-state index is 11.5. The number of nitrogens with zero attached hydrogens (tertiary/aromatic N) is 1. The topological polar surface area (TPSA) is 49.4 Å². The fourth-order valence-corrected chi connectivity index (χ4v) is 3.58. The molecule has 19 heavy (non-hydrogen) atoms. The second kappa shape index (κ2) is 5.92. The molecule has 0 bridgehead atoms. The molecular weight excluding hydrogens is 260 g/mol. The predicted molar refractivity (Wildman–Crippen MR) is 79.4 cm³/mol. The van der Waals surface area contributed by atoms with Gasteiger partial charge >= 0.3 is 0 Å². The Kier molecular flexibility index (Phi) is 4.47. The molecule has 0 aliphatic carbocycles. The predicted octanol–water partition coefficient (Wildman–Crippen LogP) is 1.34. The molecule has 0 aromatic heterocycles. The molecule has 0 amide bonds. The fraction of sp³-hybridized carbons (Fsp3) is 0.571. The lowest BCUT2D eigenvalue weighted by Gasteiger charge is -2.30. The van der Waals surface area contributed by atoms with Crippen molar-refractivity contribution in [1.82, 2.24) is 5.32 Å². The first kappa shape index (κ1) is 14.3. The van der Waals surface area contributed by atoms with Crippen LogP contribution in [-0.2, 0) is 16.4 Å². The first-order valence-electron chi connectivity index (χ1n) is 6.77. The summed E-state index contributed by atoms with van der Waals surface area (Å²) < 4.78 is 23.0. The van der Waals surface area contributed by atoms with Crippen LogP contribution < -0.4 is 10.2 Å². The number of anilines is 1. The Morgan fingerprint density at radius 2 is 1.95 bits per heavy atom. The number of sulfone groups is 1. The molecule has 0 unspecified atom stereocenters. The van der Waals surface area contributed by atoms with Gasteiger partial charge in [-0.1, -0.05) is 24.6 Å². The number of nitrogens with one attached hydrogen (secondary N) is 1. The Bertz CT molecular complexity index is 526. The van der Waals surface area contributed by atoms with Crippen molar-refractivity contribution in [2.45, 2.75) is 20.4 Å². The van der Waals surface area contributed by atoms with E-state index in [4.69, 9.17) is 0 Å². The van der Waals surface area contributed by atoms with E-state index < -0.39 is 9.84 Å². The Morgan fingerprint density at radius 1 is 1.26 bits per heavy atom. The number of hydrogen-bond acceptors (Lipinski definition) is 4. The van der Waals surface area contributed by atoms with Crippen molar-refractivity contribution < 1.29 is 8.42 Å². The zero-order valence-corrected chi connectivity index (χ0v) is 12.5. The first-order chi connectivity index (χ1) is 9.02. The molecule has 0 atom stereocenters. The van der Waals surface area contributed by atoms with Crippen molar-refractivity contribution in [3.05, 3.63) is 29.3 Å². The van der Waals surface area contributed by atoms with Crippen LogP contribution in [0, 0.1) is 6.92 Å². The second-order valence-electron chi connectivity index (χ2n) is 5.05. The van der Waals surface area contributed by atoms with Gasteiger partial charge in [0, 0.05) is 25.3 Å². The van der Waals surface area contributed by atoms with Crippen molar-refractivity contribution in [3.63, 3.8) is 0 Å². The van der Waals surface area contributed by atoms with Gasteiger partial charge in [0.1, 0.15) is 0 Å². The molecule has 1 aromatic carbocycles. The van der Waals surface area contributed by atoms with Gasteiger partial charge in [0.25, 0.3) is 0 Å². The molecule has 1 aromatic rings. The molecule has 0 radical (unpaired) electrons. The smallest absolute Gasteiger partial charge is 0.153 e. The van der Waals surface area contributed by atoms with Gasteiger partial charge < -0.3 is 10.2 Å². The van der Waals surface area contributed by atoms with Crippen molar-refractivity contribution in [2.75, 3.05) is 36.0 Å². The number of rotatable bonds is 4. The quantitative estimate of drug-likeness (QED) is 0.905. The van der Waals surface area contributed by atoms with E-state index >= 15 is 0 Å². The summed E-state index contributed by atoms with van der Waals surface area (Å²) in [6.45, 7) is 7.14. The monoisotopic (exact) mass is 282 g/mol. The minimum absolute atomic E-state index is 0.265. The van der Waals surface area contributed by atoms with Crippen LogP contribution in [0.1, 0.15) is 18.1 Å². The Hall–Kier alpha value is -1.07. The maximum absolute atomic E-state index is 11.5. The van der Waals surface area contributed by atoms with Gasteiger partial charge in [-0.3, -0.25) is 0 Å². The third-order valence-corrected chi connectivity index (χ3v) is 5.09. The highest BCUT2D eigenvalue weighted by molar-refractivity contribution is 7.91. The highest BCUT2D eigenvalue weighted by Gasteiger charge is 2.23. The van der Waals surface area contributed by atoms with Crippen LogP contribution >= 0.6 is 0 Å². The zero-order valence-electron chi connectivity index (χ0n) is 11.6. The van der Waals surface area contributed by atoms with Crippen molar-refractivity contribution >= 4 is 15.5 Å². The molecule has 1 aliphatic heterocycles. The molecule has 1 aliphatic rings. The summed E-state index contributed by atoms with van der Waals surface area (Å²) in [4.78, 5) is 2.19. The second-order valence-corrected chi connectivity index (χ2v) is 7.35. The van der Waals surface area contributed by atoms with E-state index in [-0.39, 0.29) is 11.5 Å². The van der Waals surface area contributed by atoms with E-state index in [1.54, 1.807) is 0 Å². The first-order valence-corrected chi connectivity index (χ1v) is 8.59. The third kappa shape index (κ3) is 3.70. The van der Waals surface area contributed by atoms with Gasteiger partial charge in [0.2, 0.25) is 0 Å². The average Bonchev–Trinajstić information content (AvgIpc) is 2.37. The van der Waals surface area contributed by atoms with Gasteiger partial charge in [-0.15, -0.1) is 0 Å². The van der Waals surface area contributed by atoms with Crippen molar-refractivity contribution in [3.8, 4) is 0 Å². The van der Waals surface area contributed by atoms with Crippen LogP contribution in [0.15, 0.2) is 18.2 Å². The molecule has 1 saturated heterocycles. The van der Waals surface area contributed by atoms with Gasteiger partial charge in [0.05, 0.1) is 11.5 Å². The van der Waals surface area contributed by atoms with Crippen molar-refractivity contribution in [2.24, 2.45) is 0 Å². The molecule has 0 saturated carbocycles. The zero-order chi connectivity index (χ0) is 13.9. The Balaban J connectivity index is 2.19. The molecule has 5 heteroatoms. The lowest BCUT2D eigenvalue weighted by molar-refractivity contribution is 0.586.